The summed E-state index contributed by atoms with van der Waals surface area (Å²) in [4.78, 5) is 12.0. The number of likely N-dealkylation sites (tertiary alicyclic amines) is 1. The Morgan fingerprint density at radius 2 is 1.95 bits per heavy atom. The second-order valence-electron chi connectivity index (χ2n) is 9.39. The quantitative estimate of drug-likeness (QED) is 0.216. The summed E-state index contributed by atoms with van der Waals surface area (Å²) in [6, 6.07) is 12.4. The van der Waals surface area contributed by atoms with E-state index in [1.165, 1.54) is 12.1 Å². The van der Waals surface area contributed by atoms with Crippen LogP contribution < -0.4 is 15.2 Å². The molecule has 1 aliphatic rings. The first kappa shape index (κ1) is 27.2. The fourth-order valence-corrected chi connectivity index (χ4v) is 5.21. The summed E-state index contributed by atoms with van der Waals surface area (Å²) in [6.45, 7) is 8.10. The lowest BCUT2D eigenvalue weighted by atomic mass is 10.1. The van der Waals surface area contributed by atoms with Crippen LogP contribution >= 0.6 is 23.5 Å². The molecule has 0 spiro atoms. The summed E-state index contributed by atoms with van der Waals surface area (Å²) >= 11 is 7.12. The molecule has 0 saturated carbocycles. The fourth-order valence-electron chi connectivity index (χ4n) is 4.26. The second kappa shape index (κ2) is 12.1. The number of hydrogen-bond acceptors (Lipinski definition) is 8. The molecule has 1 atom stereocenters. The number of nitrogens with one attached hydrogen (secondary N) is 2. The lowest BCUT2D eigenvalue weighted by Gasteiger charge is -2.24. The standard InChI is InChI=1S/C27H32ClFN6OS/c1-16(2)35-13-4-5-21(12-14-35)36-27-24(17(3)30)25(31)32-26(33-27)18-6-9-20(10-7-18)34-37-23-15-19(28)8-11-22(23)29/h6-11,15-16,21,30,34H,4-5,12-14H2,1-3H3,(H2,31,32,33). The van der Waals surface area contributed by atoms with Crippen molar-refractivity contribution in [2.45, 2.75) is 57.1 Å². The highest BCUT2D eigenvalue weighted by molar-refractivity contribution is 8.00. The summed E-state index contributed by atoms with van der Waals surface area (Å²) in [6.07, 6.45) is 2.85. The molecule has 1 aromatic heterocycles. The van der Waals surface area contributed by atoms with Crippen LogP contribution in [0.5, 0.6) is 5.88 Å². The first-order valence-corrected chi connectivity index (χ1v) is 13.5. The van der Waals surface area contributed by atoms with Gasteiger partial charge in [0.15, 0.2) is 5.82 Å². The molecule has 0 aliphatic carbocycles. The molecule has 3 aromatic rings. The Morgan fingerprint density at radius 1 is 1.19 bits per heavy atom. The summed E-state index contributed by atoms with van der Waals surface area (Å²) in [5, 5.41) is 8.69. The van der Waals surface area contributed by atoms with Crippen molar-refractivity contribution in [1.82, 2.24) is 14.9 Å². The summed E-state index contributed by atoms with van der Waals surface area (Å²) in [5.41, 5.74) is 8.51. The molecule has 1 saturated heterocycles. The predicted octanol–water partition coefficient (Wildman–Crippen LogP) is 6.67. The third kappa shape index (κ3) is 6.91. The summed E-state index contributed by atoms with van der Waals surface area (Å²) in [5.74, 6) is 0.656. The van der Waals surface area contributed by atoms with E-state index >= 15 is 0 Å². The largest absolute Gasteiger partial charge is 0.474 e. The van der Waals surface area contributed by atoms with Gasteiger partial charge < -0.3 is 25.5 Å². The van der Waals surface area contributed by atoms with E-state index in [0.717, 1.165) is 55.6 Å². The summed E-state index contributed by atoms with van der Waals surface area (Å²) in [7, 11) is 0. The van der Waals surface area contributed by atoms with E-state index in [2.05, 4.69) is 28.5 Å². The average Bonchev–Trinajstić information content (AvgIpc) is 3.10. The first-order chi connectivity index (χ1) is 17.7. The molecule has 4 N–H and O–H groups in total. The Bertz CT molecular complexity index is 1260. The Hall–Kier alpha value is -2.88. The van der Waals surface area contributed by atoms with Crippen LogP contribution in [0, 0.1) is 11.2 Å². The SMILES string of the molecule is CC(=N)c1c(N)nc(-c2ccc(NSc3cc(Cl)ccc3F)cc2)nc1OC1CCCN(C(C)C)CC1. The number of nitrogens with zero attached hydrogens (tertiary/aromatic N) is 3. The zero-order valence-corrected chi connectivity index (χ0v) is 22.8. The van der Waals surface area contributed by atoms with Crippen LogP contribution in [0.3, 0.4) is 0 Å². The van der Waals surface area contributed by atoms with Crippen molar-refractivity contribution in [3.8, 4) is 17.3 Å². The highest BCUT2D eigenvalue weighted by Gasteiger charge is 2.24. The minimum Gasteiger partial charge on any atom is -0.474 e. The minimum absolute atomic E-state index is 0.000476. The molecule has 2 aromatic carbocycles. The van der Waals surface area contributed by atoms with Gasteiger partial charge in [0, 0.05) is 34.6 Å². The number of halogens is 2. The second-order valence-corrected chi connectivity index (χ2v) is 10.7. The molecular formula is C27H32ClFN6OS. The van der Waals surface area contributed by atoms with Crippen molar-refractivity contribution in [1.29, 1.82) is 5.41 Å². The Labute approximate surface area is 226 Å². The van der Waals surface area contributed by atoms with E-state index < -0.39 is 0 Å². The summed E-state index contributed by atoms with van der Waals surface area (Å²) < 4.78 is 23.5. The van der Waals surface area contributed by atoms with E-state index in [4.69, 9.17) is 32.5 Å². The molecule has 0 amide bonds. The van der Waals surface area contributed by atoms with Crippen LogP contribution in [0.25, 0.3) is 11.4 Å². The maximum atomic E-state index is 14.0. The number of nitrogen functional groups attached to an aromatic ring is 1. The Morgan fingerprint density at radius 3 is 2.65 bits per heavy atom. The zero-order valence-electron chi connectivity index (χ0n) is 21.2. The topological polar surface area (TPSA) is 100 Å². The number of nitrogens with two attached hydrogens (primary N) is 1. The van der Waals surface area contributed by atoms with Crippen LogP contribution in [-0.2, 0) is 0 Å². The predicted molar refractivity (Wildman–Crippen MR) is 150 cm³/mol. The maximum Gasteiger partial charge on any atom is 0.228 e. The molecule has 0 radical (unpaired) electrons. The van der Waals surface area contributed by atoms with Crippen LogP contribution in [-0.4, -0.2) is 45.8 Å². The number of hydrogen-bond donors (Lipinski definition) is 3. The smallest absolute Gasteiger partial charge is 0.228 e. The third-order valence-electron chi connectivity index (χ3n) is 6.31. The van der Waals surface area contributed by atoms with Crippen molar-refractivity contribution in [3.05, 3.63) is 58.9 Å². The maximum absolute atomic E-state index is 14.0. The van der Waals surface area contributed by atoms with E-state index in [-0.39, 0.29) is 23.5 Å². The van der Waals surface area contributed by atoms with Gasteiger partial charge in [0.2, 0.25) is 5.88 Å². The van der Waals surface area contributed by atoms with Gasteiger partial charge in [-0.25, -0.2) is 9.37 Å². The van der Waals surface area contributed by atoms with E-state index in [1.54, 1.807) is 13.0 Å². The van der Waals surface area contributed by atoms with Crippen LogP contribution in [0.4, 0.5) is 15.9 Å². The van der Waals surface area contributed by atoms with Gasteiger partial charge in [0.25, 0.3) is 0 Å². The lowest BCUT2D eigenvalue weighted by molar-refractivity contribution is 0.167. The molecule has 196 valence electrons. The monoisotopic (exact) mass is 542 g/mol. The van der Waals surface area contributed by atoms with Crippen molar-refractivity contribution < 1.29 is 9.13 Å². The Kier molecular flexibility index (Phi) is 8.89. The third-order valence-corrected chi connectivity index (χ3v) is 7.42. The number of rotatable bonds is 8. The molecule has 1 unspecified atom stereocenters. The van der Waals surface area contributed by atoms with Crippen molar-refractivity contribution in [2.24, 2.45) is 0 Å². The lowest BCUT2D eigenvalue weighted by Crippen LogP contribution is -2.32. The van der Waals surface area contributed by atoms with Crippen LogP contribution in [0.2, 0.25) is 5.02 Å². The fraction of sp³-hybridized carbons (Fsp3) is 0.370. The van der Waals surface area contributed by atoms with Crippen LogP contribution in [0.15, 0.2) is 47.4 Å². The number of anilines is 2. The molecule has 1 fully saturated rings. The van der Waals surface area contributed by atoms with E-state index in [9.17, 15) is 4.39 Å². The molecule has 2 heterocycles. The van der Waals surface area contributed by atoms with Gasteiger partial charge in [-0.05, 0) is 101 Å². The average molecular weight is 543 g/mol. The highest BCUT2D eigenvalue weighted by Crippen LogP contribution is 2.31. The van der Waals surface area contributed by atoms with E-state index in [1.807, 2.05) is 24.3 Å². The molecule has 37 heavy (non-hydrogen) atoms. The molecule has 10 heteroatoms. The van der Waals surface area contributed by atoms with Crippen molar-refractivity contribution in [2.75, 3.05) is 23.5 Å². The minimum atomic E-state index is -0.345. The molecular weight excluding hydrogens is 511 g/mol. The number of benzene rings is 2. The van der Waals surface area contributed by atoms with E-state index in [0.29, 0.717) is 33.2 Å². The van der Waals surface area contributed by atoms with Gasteiger partial charge in [0.05, 0.1) is 10.5 Å². The van der Waals surface area contributed by atoms with Crippen molar-refractivity contribution >= 4 is 40.8 Å². The number of ether oxygens (including phenoxy) is 1. The highest BCUT2D eigenvalue weighted by atomic mass is 35.5. The molecule has 0 bridgehead atoms. The van der Waals surface area contributed by atoms with Crippen LogP contribution in [0.1, 0.15) is 45.6 Å². The van der Waals surface area contributed by atoms with Gasteiger partial charge >= 0.3 is 0 Å². The van der Waals surface area contributed by atoms with Crippen molar-refractivity contribution in [3.63, 3.8) is 0 Å². The normalized spacial score (nSPS) is 16.4. The number of aromatic nitrogens is 2. The zero-order chi connectivity index (χ0) is 26.5. The molecule has 4 rings (SSSR count). The van der Waals surface area contributed by atoms with Gasteiger partial charge in [0.1, 0.15) is 17.7 Å². The molecule has 7 nitrogen and oxygen atoms in total. The van der Waals surface area contributed by atoms with Gasteiger partial charge in [-0.2, -0.15) is 4.98 Å². The first-order valence-electron chi connectivity index (χ1n) is 12.3. The molecule has 1 aliphatic heterocycles. The van der Waals surface area contributed by atoms with Gasteiger partial charge in [-0.15, -0.1) is 0 Å². The van der Waals surface area contributed by atoms with Gasteiger partial charge in [-0.1, -0.05) is 11.6 Å². The Balaban J connectivity index is 1.52. The van der Waals surface area contributed by atoms with Gasteiger partial charge in [-0.3, -0.25) is 0 Å².